The van der Waals surface area contributed by atoms with Crippen LogP contribution >= 0.6 is 0 Å². The van der Waals surface area contributed by atoms with Gasteiger partial charge in [-0.1, -0.05) is 12.8 Å². The molecule has 1 saturated heterocycles. The molecule has 3 aliphatic rings. The van der Waals surface area contributed by atoms with Gasteiger partial charge in [0.1, 0.15) is 5.75 Å². The Labute approximate surface area is 171 Å². The smallest absolute Gasteiger partial charge is 0.262 e. The Morgan fingerprint density at radius 3 is 2.72 bits per heavy atom. The van der Waals surface area contributed by atoms with Gasteiger partial charge in [0.2, 0.25) is 15.9 Å². The van der Waals surface area contributed by atoms with Crippen LogP contribution in [-0.4, -0.2) is 50.3 Å². The molecule has 2 aliphatic heterocycles. The third kappa shape index (κ3) is 4.11. The van der Waals surface area contributed by atoms with Crippen LogP contribution in [0.5, 0.6) is 5.75 Å². The zero-order valence-electron chi connectivity index (χ0n) is 16.6. The first kappa shape index (κ1) is 20.2. The van der Waals surface area contributed by atoms with Crippen molar-refractivity contribution in [1.82, 2.24) is 9.62 Å². The summed E-state index contributed by atoms with van der Waals surface area (Å²) in [4.78, 5) is 24.3. The molecule has 1 aliphatic carbocycles. The lowest BCUT2D eigenvalue weighted by Crippen LogP contribution is -2.47. The number of benzene rings is 1. The highest BCUT2D eigenvalue weighted by molar-refractivity contribution is 7.89. The van der Waals surface area contributed by atoms with Crippen LogP contribution < -0.4 is 15.4 Å². The standard InChI is InChI=1S/C20H27N3O5S/c1-13-9-16-17(28-12-19(24)22-16)10-18(13)29(26,27)23-8-4-5-14(11-23)20(25)21-15-6-2-3-7-15/h9-10,14-15H,2-8,11-12H2,1H3,(H,21,25)(H,22,24)/t14-/m1/s1. The summed E-state index contributed by atoms with van der Waals surface area (Å²) in [6, 6.07) is 3.32. The molecule has 1 aromatic rings. The van der Waals surface area contributed by atoms with Gasteiger partial charge in [-0.25, -0.2) is 8.42 Å². The van der Waals surface area contributed by atoms with Crippen molar-refractivity contribution in [3.63, 3.8) is 0 Å². The van der Waals surface area contributed by atoms with E-state index in [1.165, 1.54) is 10.4 Å². The number of ether oxygens (including phenoxy) is 1. The molecule has 0 unspecified atom stereocenters. The van der Waals surface area contributed by atoms with E-state index in [9.17, 15) is 18.0 Å². The quantitative estimate of drug-likeness (QED) is 0.771. The predicted octanol–water partition coefficient (Wildman–Crippen LogP) is 1.79. The van der Waals surface area contributed by atoms with E-state index in [-0.39, 0.29) is 41.8 Å². The molecule has 0 spiro atoms. The summed E-state index contributed by atoms with van der Waals surface area (Å²) in [5, 5.41) is 5.79. The number of amides is 2. The molecule has 1 atom stereocenters. The maximum absolute atomic E-state index is 13.3. The van der Waals surface area contributed by atoms with Crippen LogP contribution in [0, 0.1) is 12.8 Å². The summed E-state index contributed by atoms with van der Waals surface area (Å²) in [5.74, 6) is -0.279. The number of aryl methyl sites for hydroxylation is 1. The van der Waals surface area contributed by atoms with Crippen molar-refractivity contribution < 1.29 is 22.7 Å². The van der Waals surface area contributed by atoms with Gasteiger partial charge in [-0.2, -0.15) is 4.31 Å². The van der Waals surface area contributed by atoms with Gasteiger partial charge in [-0.15, -0.1) is 0 Å². The van der Waals surface area contributed by atoms with Crippen molar-refractivity contribution in [3.8, 4) is 5.75 Å². The number of nitrogens with zero attached hydrogens (tertiary/aromatic N) is 1. The SMILES string of the molecule is Cc1cc2c(cc1S(=O)(=O)N1CCC[C@@H](C(=O)NC3CCCC3)C1)OCC(=O)N2. The molecule has 0 radical (unpaired) electrons. The summed E-state index contributed by atoms with van der Waals surface area (Å²) in [6.07, 6.45) is 5.63. The van der Waals surface area contributed by atoms with Crippen molar-refractivity contribution in [3.05, 3.63) is 17.7 Å². The van der Waals surface area contributed by atoms with Crippen LogP contribution in [0.3, 0.4) is 0 Å². The van der Waals surface area contributed by atoms with Crippen molar-refractivity contribution in [1.29, 1.82) is 0 Å². The van der Waals surface area contributed by atoms with Crippen LogP contribution in [0.4, 0.5) is 5.69 Å². The number of nitrogens with one attached hydrogen (secondary N) is 2. The Morgan fingerprint density at radius 1 is 1.21 bits per heavy atom. The van der Waals surface area contributed by atoms with Crippen LogP contribution in [0.25, 0.3) is 0 Å². The maximum atomic E-state index is 13.3. The molecule has 2 amide bonds. The summed E-state index contributed by atoms with van der Waals surface area (Å²) in [6.45, 7) is 2.14. The molecule has 158 valence electrons. The highest BCUT2D eigenvalue weighted by Crippen LogP contribution is 2.35. The van der Waals surface area contributed by atoms with Crippen LogP contribution in [0.2, 0.25) is 0 Å². The number of carbonyl (C=O) groups excluding carboxylic acids is 2. The lowest BCUT2D eigenvalue weighted by molar-refractivity contribution is -0.126. The Morgan fingerprint density at radius 2 is 1.97 bits per heavy atom. The number of carbonyl (C=O) groups is 2. The second kappa shape index (κ2) is 7.95. The summed E-state index contributed by atoms with van der Waals surface area (Å²) in [5.41, 5.74) is 1.01. The monoisotopic (exact) mass is 421 g/mol. The molecule has 9 heteroatoms. The summed E-state index contributed by atoms with van der Waals surface area (Å²) >= 11 is 0. The second-order valence-corrected chi connectivity index (χ2v) is 10.0. The number of rotatable bonds is 4. The van der Waals surface area contributed by atoms with Crippen molar-refractivity contribution in [2.24, 2.45) is 5.92 Å². The van der Waals surface area contributed by atoms with Crippen molar-refractivity contribution in [2.45, 2.75) is 56.4 Å². The highest BCUT2D eigenvalue weighted by atomic mass is 32.2. The third-order valence-electron chi connectivity index (χ3n) is 5.98. The van der Waals surface area contributed by atoms with Crippen molar-refractivity contribution in [2.75, 3.05) is 25.0 Å². The lowest BCUT2D eigenvalue weighted by Gasteiger charge is -2.32. The number of fused-ring (bicyclic) bond motifs is 1. The molecule has 29 heavy (non-hydrogen) atoms. The highest BCUT2D eigenvalue weighted by Gasteiger charge is 2.35. The average molecular weight is 422 g/mol. The van der Waals surface area contributed by atoms with E-state index in [2.05, 4.69) is 10.6 Å². The van der Waals surface area contributed by atoms with E-state index in [1.54, 1.807) is 13.0 Å². The molecule has 1 aromatic carbocycles. The Kier molecular flexibility index (Phi) is 5.52. The first-order chi connectivity index (χ1) is 13.8. The molecular weight excluding hydrogens is 394 g/mol. The lowest BCUT2D eigenvalue weighted by atomic mass is 9.98. The van der Waals surface area contributed by atoms with Gasteiger partial charge in [0.05, 0.1) is 16.5 Å². The fourth-order valence-electron chi connectivity index (χ4n) is 4.40. The van der Waals surface area contributed by atoms with E-state index in [0.717, 1.165) is 25.7 Å². The Hall–Kier alpha value is -2.13. The first-order valence-electron chi connectivity index (χ1n) is 10.2. The molecular formula is C20H27N3O5S. The maximum Gasteiger partial charge on any atom is 0.262 e. The minimum atomic E-state index is -3.77. The number of piperidine rings is 1. The topological polar surface area (TPSA) is 105 Å². The van der Waals surface area contributed by atoms with Crippen LogP contribution in [0.15, 0.2) is 17.0 Å². The van der Waals surface area contributed by atoms with Gasteiger partial charge < -0.3 is 15.4 Å². The van der Waals surface area contributed by atoms with Gasteiger partial charge >= 0.3 is 0 Å². The van der Waals surface area contributed by atoms with E-state index < -0.39 is 10.0 Å². The molecule has 0 aromatic heterocycles. The van der Waals surface area contributed by atoms with Crippen molar-refractivity contribution >= 4 is 27.5 Å². The Bertz CT molecular complexity index is 924. The first-order valence-corrected chi connectivity index (χ1v) is 11.7. The number of anilines is 1. The molecule has 1 saturated carbocycles. The van der Waals surface area contributed by atoms with Gasteiger partial charge in [0.15, 0.2) is 6.61 Å². The number of hydrogen-bond acceptors (Lipinski definition) is 5. The zero-order chi connectivity index (χ0) is 20.6. The van der Waals surface area contributed by atoms with Crippen LogP contribution in [-0.2, 0) is 19.6 Å². The largest absolute Gasteiger partial charge is 0.482 e. The average Bonchev–Trinajstić information content (AvgIpc) is 3.20. The van der Waals surface area contributed by atoms with Crippen LogP contribution in [0.1, 0.15) is 44.1 Å². The van der Waals surface area contributed by atoms with Gasteiger partial charge in [0.25, 0.3) is 5.91 Å². The van der Waals surface area contributed by atoms with E-state index in [4.69, 9.17) is 4.74 Å². The minimum absolute atomic E-state index is 0.0370. The fourth-order valence-corrected chi connectivity index (χ4v) is 6.14. The second-order valence-electron chi connectivity index (χ2n) is 8.14. The zero-order valence-corrected chi connectivity index (χ0v) is 17.4. The predicted molar refractivity (Wildman–Crippen MR) is 107 cm³/mol. The molecule has 2 fully saturated rings. The molecule has 8 nitrogen and oxygen atoms in total. The van der Waals surface area contributed by atoms with Gasteiger partial charge in [-0.05, 0) is 44.2 Å². The molecule has 2 N–H and O–H groups in total. The minimum Gasteiger partial charge on any atom is -0.482 e. The van der Waals surface area contributed by atoms with Gasteiger partial charge in [-0.3, -0.25) is 9.59 Å². The Balaban J connectivity index is 1.52. The molecule has 4 rings (SSSR count). The number of sulfonamides is 1. The third-order valence-corrected chi connectivity index (χ3v) is 7.99. The van der Waals surface area contributed by atoms with E-state index in [0.29, 0.717) is 36.4 Å². The fraction of sp³-hybridized carbons (Fsp3) is 0.600. The van der Waals surface area contributed by atoms with E-state index >= 15 is 0 Å². The van der Waals surface area contributed by atoms with Gasteiger partial charge in [0, 0.05) is 25.2 Å². The summed E-state index contributed by atoms with van der Waals surface area (Å²) in [7, 11) is -3.77. The normalized spacial score (nSPS) is 23.2. The number of hydrogen-bond donors (Lipinski definition) is 2. The summed E-state index contributed by atoms with van der Waals surface area (Å²) < 4.78 is 33.4. The van der Waals surface area contributed by atoms with E-state index in [1.807, 2.05) is 0 Å². The molecule has 0 bridgehead atoms. The molecule has 2 heterocycles.